The van der Waals surface area contributed by atoms with E-state index in [0.717, 1.165) is 47.6 Å². The van der Waals surface area contributed by atoms with Gasteiger partial charge in [0, 0.05) is 26.2 Å². The lowest BCUT2D eigenvalue weighted by atomic mass is 10.3. The zero-order valence-corrected chi connectivity index (χ0v) is 11.9. The summed E-state index contributed by atoms with van der Waals surface area (Å²) in [6.45, 7) is 4.14. The molecule has 1 fully saturated rings. The number of fused-ring (bicyclic) bond motifs is 1. The van der Waals surface area contributed by atoms with Crippen LogP contribution in [0.25, 0.3) is 11.0 Å². The van der Waals surface area contributed by atoms with Crippen molar-refractivity contribution in [3.63, 3.8) is 0 Å². The van der Waals surface area contributed by atoms with Crippen molar-refractivity contribution in [2.24, 2.45) is 0 Å². The van der Waals surface area contributed by atoms with Gasteiger partial charge in [0.1, 0.15) is 4.60 Å². The average Bonchev–Trinajstić information content (AvgIpc) is 2.39. The Balaban J connectivity index is 1.98. The zero-order valence-electron chi connectivity index (χ0n) is 10.3. The van der Waals surface area contributed by atoms with Gasteiger partial charge in [0.25, 0.3) is 0 Å². The standard InChI is InChI=1S/C13H15BrN4/c1-17-6-8-18(9-7-17)13-12(14)15-10-4-2-3-5-11(10)16-13/h2-5H,6-9H2,1H3. The molecule has 94 valence electrons. The van der Waals surface area contributed by atoms with Gasteiger partial charge in [0.15, 0.2) is 5.82 Å². The first-order valence-electron chi connectivity index (χ1n) is 6.10. The molecule has 1 aromatic carbocycles. The molecule has 1 aliphatic rings. The number of anilines is 1. The largest absolute Gasteiger partial charge is 0.352 e. The van der Waals surface area contributed by atoms with Gasteiger partial charge in [-0.1, -0.05) is 12.1 Å². The Hall–Kier alpha value is -1.20. The van der Waals surface area contributed by atoms with Crippen molar-refractivity contribution in [1.29, 1.82) is 0 Å². The molecule has 0 aliphatic carbocycles. The molecule has 1 aromatic heterocycles. The molecule has 2 aromatic rings. The molecule has 0 bridgehead atoms. The maximum absolute atomic E-state index is 4.72. The van der Waals surface area contributed by atoms with Gasteiger partial charge in [-0.15, -0.1) is 0 Å². The van der Waals surface area contributed by atoms with Crippen molar-refractivity contribution in [3.05, 3.63) is 28.9 Å². The Morgan fingerprint density at radius 2 is 1.61 bits per heavy atom. The summed E-state index contributed by atoms with van der Waals surface area (Å²) in [5, 5.41) is 0. The molecular formula is C13H15BrN4. The zero-order chi connectivity index (χ0) is 12.5. The lowest BCUT2D eigenvalue weighted by Crippen LogP contribution is -2.45. The van der Waals surface area contributed by atoms with E-state index in [4.69, 9.17) is 4.98 Å². The number of hydrogen-bond donors (Lipinski definition) is 0. The molecule has 3 rings (SSSR count). The number of nitrogens with zero attached hydrogens (tertiary/aromatic N) is 4. The van der Waals surface area contributed by atoms with Crippen molar-refractivity contribution >= 4 is 32.8 Å². The van der Waals surface area contributed by atoms with E-state index >= 15 is 0 Å². The van der Waals surface area contributed by atoms with Crippen LogP contribution in [-0.2, 0) is 0 Å². The first kappa shape index (κ1) is 11.9. The number of likely N-dealkylation sites (N-methyl/N-ethyl adjacent to an activating group) is 1. The summed E-state index contributed by atoms with van der Waals surface area (Å²) >= 11 is 3.54. The first-order valence-corrected chi connectivity index (χ1v) is 6.89. The van der Waals surface area contributed by atoms with E-state index in [1.165, 1.54) is 0 Å². The van der Waals surface area contributed by atoms with E-state index < -0.39 is 0 Å². The van der Waals surface area contributed by atoms with Gasteiger partial charge in [-0.3, -0.25) is 0 Å². The van der Waals surface area contributed by atoms with Crippen molar-refractivity contribution in [2.75, 3.05) is 38.1 Å². The van der Waals surface area contributed by atoms with Crippen molar-refractivity contribution in [1.82, 2.24) is 14.9 Å². The van der Waals surface area contributed by atoms with Crippen LogP contribution in [0.3, 0.4) is 0 Å². The second-order valence-electron chi connectivity index (χ2n) is 4.62. The van der Waals surface area contributed by atoms with E-state index in [1.807, 2.05) is 24.3 Å². The molecule has 0 amide bonds. The predicted molar refractivity (Wildman–Crippen MR) is 76.9 cm³/mol. The van der Waals surface area contributed by atoms with Crippen LogP contribution >= 0.6 is 15.9 Å². The Labute approximate surface area is 115 Å². The van der Waals surface area contributed by atoms with E-state index in [-0.39, 0.29) is 0 Å². The molecule has 4 nitrogen and oxygen atoms in total. The van der Waals surface area contributed by atoms with Gasteiger partial charge in [-0.05, 0) is 35.1 Å². The molecule has 0 spiro atoms. The monoisotopic (exact) mass is 306 g/mol. The fourth-order valence-electron chi connectivity index (χ4n) is 2.19. The number of halogens is 1. The van der Waals surface area contributed by atoms with Crippen LogP contribution in [0.1, 0.15) is 0 Å². The number of piperazine rings is 1. The quantitative estimate of drug-likeness (QED) is 0.808. The molecule has 0 atom stereocenters. The highest BCUT2D eigenvalue weighted by atomic mass is 79.9. The minimum Gasteiger partial charge on any atom is -0.352 e. The molecule has 0 saturated carbocycles. The normalized spacial score (nSPS) is 17.3. The summed E-state index contributed by atoms with van der Waals surface area (Å²) in [6, 6.07) is 7.98. The average molecular weight is 307 g/mol. The van der Waals surface area contributed by atoms with Crippen LogP contribution in [-0.4, -0.2) is 48.1 Å². The van der Waals surface area contributed by atoms with E-state index in [0.29, 0.717) is 0 Å². The van der Waals surface area contributed by atoms with Gasteiger partial charge in [0.05, 0.1) is 11.0 Å². The highest BCUT2D eigenvalue weighted by Crippen LogP contribution is 2.25. The summed E-state index contributed by atoms with van der Waals surface area (Å²) in [4.78, 5) is 13.9. The number of aromatic nitrogens is 2. The fraction of sp³-hybridized carbons (Fsp3) is 0.385. The topological polar surface area (TPSA) is 32.3 Å². The Kier molecular flexibility index (Phi) is 3.18. The smallest absolute Gasteiger partial charge is 0.162 e. The Bertz CT molecular complexity index is 564. The molecular weight excluding hydrogens is 292 g/mol. The van der Waals surface area contributed by atoms with Gasteiger partial charge in [0.2, 0.25) is 0 Å². The summed E-state index contributed by atoms with van der Waals surface area (Å²) in [5.74, 6) is 0.960. The van der Waals surface area contributed by atoms with E-state index in [2.05, 4.69) is 37.8 Å². The van der Waals surface area contributed by atoms with Crippen molar-refractivity contribution in [2.45, 2.75) is 0 Å². The SMILES string of the molecule is CN1CCN(c2nc3ccccc3nc2Br)CC1. The molecule has 2 heterocycles. The molecule has 0 radical (unpaired) electrons. The number of rotatable bonds is 1. The maximum Gasteiger partial charge on any atom is 0.162 e. The van der Waals surface area contributed by atoms with Crippen molar-refractivity contribution in [3.8, 4) is 0 Å². The molecule has 0 N–H and O–H groups in total. The second kappa shape index (κ2) is 4.82. The number of benzene rings is 1. The predicted octanol–water partition coefficient (Wildman–Crippen LogP) is 2.14. The third-order valence-corrected chi connectivity index (χ3v) is 3.85. The lowest BCUT2D eigenvalue weighted by molar-refractivity contribution is 0.312. The molecule has 0 unspecified atom stereocenters. The van der Waals surface area contributed by atoms with E-state index in [9.17, 15) is 0 Å². The van der Waals surface area contributed by atoms with Crippen molar-refractivity contribution < 1.29 is 0 Å². The summed E-state index contributed by atoms with van der Waals surface area (Å²) in [6.07, 6.45) is 0. The van der Waals surface area contributed by atoms with Crippen LogP contribution < -0.4 is 4.90 Å². The first-order chi connectivity index (χ1) is 8.74. The van der Waals surface area contributed by atoms with Gasteiger partial charge in [-0.2, -0.15) is 0 Å². The Morgan fingerprint density at radius 3 is 2.28 bits per heavy atom. The maximum atomic E-state index is 4.72. The molecule has 1 aliphatic heterocycles. The van der Waals surface area contributed by atoms with Gasteiger partial charge >= 0.3 is 0 Å². The van der Waals surface area contributed by atoms with Gasteiger partial charge < -0.3 is 9.80 Å². The van der Waals surface area contributed by atoms with Crippen LogP contribution in [0, 0.1) is 0 Å². The summed E-state index contributed by atoms with van der Waals surface area (Å²) < 4.78 is 0.839. The minimum absolute atomic E-state index is 0.839. The highest BCUT2D eigenvalue weighted by Gasteiger charge is 2.18. The van der Waals surface area contributed by atoms with Gasteiger partial charge in [-0.25, -0.2) is 9.97 Å². The number of para-hydroxylation sites is 2. The van der Waals surface area contributed by atoms with Crippen LogP contribution in [0.15, 0.2) is 28.9 Å². The highest BCUT2D eigenvalue weighted by molar-refractivity contribution is 9.10. The molecule has 18 heavy (non-hydrogen) atoms. The number of hydrogen-bond acceptors (Lipinski definition) is 4. The lowest BCUT2D eigenvalue weighted by Gasteiger charge is -2.33. The third-order valence-electron chi connectivity index (χ3n) is 3.31. The van der Waals surface area contributed by atoms with E-state index in [1.54, 1.807) is 0 Å². The van der Waals surface area contributed by atoms with Crippen LogP contribution in [0.2, 0.25) is 0 Å². The minimum atomic E-state index is 0.839. The van der Waals surface area contributed by atoms with Crippen LogP contribution in [0.4, 0.5) is 5.82 Å². The second-order valence-corrected chi connectivity index (χ2v) is 5.37. The Morgan fingerprint density at radius 1 is 1.00 bits per heavy atom. The summed E-state index contributed by atoms with van der Waals surface area (Å²) in [5.41, 5.74) is 1.89. The van der Waals surface area contributed by atoms with Crippen LogP contribution in [0.5, 0.6) is 0 Å². The molecule has 5 heteroatoms. The third kappa shape index (κ3) is 2.20. The molecule has 1 saturated heterocycles. The fourth-order valence-corrected chi connectivity index (χ4v) is 2.72. The summed E-state index contributed by atoms with van der Waals surface area (Å²) in [7, 11) is 2.15.